The van der Waals surface area contributed by atoms with Crippen LogP contribution in [0.5, 0.6) is 0 Å². The first kappa shape index (κ1) is 15.7. The molecule has 0 saturated heterocycles. The maximum absolute atomic E-state index is 10.9. The number of carbonyl (C=O) groups is 1. The van der Waals surface area contributed by atoms with Gasteiger partial charge in [0, 0.05) is 4.47 Å². The molecule has 0 aliphatic rings. The average Bonchev–Trinajstić information content (AvgIpc) is 2.46. The van der Waals surface area contributed by atoms with Crippen molar-refractivity contribution in [2.45, 2.75) is 25.4 Å². The van der Waals surface area contributed by atoms with E-state index in [1.165, 1.54) is 6.92 Å². The standard InChI is InChI=1S/C17H17BrO3/c1-17(21,16(19)20)11-10-12-6-8-13(9-7-12)14-4-2-3-5-15(14)18/h2-9,21H,10-11H2,1H3,(H,19,20). The molecule has 0 saturated carbocycles. The zero-order valence-corrected chi connectivity index (χ0v) is 13.3. The number of aliphatic carboxylic acids is 1. The molecule has 1 atom stereocenters. The van der Waals surface area contributed by atoms with Crippen molar-refractivity contribution in [3.8, 4) is 11.1 Å². The van der Waals surface area contributed by atoms with Crippen molar-refractivity contribution in [2.75, 3.05) is 0 Å². The molecule has 0 aliphatic carbocycles. The van der Waals surface area contributed by atoms with Crippen LogP contribution < -0.4 is 0 Å². The fourth-order valence-electron chi connectivity index (χ4n) is 2.04. The summed E-state index contributed by atoms with van der Waals surface area (Å²) in [5.74, 6) is -1.19. The van der Waals surface area contributed by atoms with E-state index in [-0.39, 0.29) is 6.42 Å². The third kappa shape index (κ3) is 3.93. The van der Waals surface area contributed by atoms with Crippen LogP contribution in [0, 0.1) is 0 Å². The van der Waals surface area contributed by atoms with Gasteiger partial charge in [-0.1, -0.05) is 58.4 Å². The summed E-state index contributed by atoms with van der Waals surface area (Å²) in [6, 6.07) is 15.9. The van der Waals surface area contributed by atoms with Crippen LogP contribution in [0.4, 0.5) is 0 Å². The van der Waals surface area contributed by atoms with Gasteiger partial charge in [-0.15, -0.1) is 0 Å². The van der Waals surface area contributed by atoms with Gasteiger partial charge in [0.05, 0.1) is 0 Å². The highest BCUT2D eigenvalue weighted by Crippen LogP contribution is 2.28. The summed E-state index contributed by atoms with van der Waals surface area (Å²) >= 11 is 3.53. The fraction of sp³-hybridized carbons (Fsp3) is 0.235. The van der Waals surface area contributed by atoms with Crippen LogP contribution in [0.25, 0.3) is 11.1 Å². The van der Waals surface area contributed by atoms with Gasteiger partial charge < -0.3 is 10.2 Å². The maximum Gasteiger partial charge on any atom is 0.335 e. The van der Waals surface area contributed by atoms with Gasteiger partial charge in [0.1, 0.15) is 0 Å². The lowest BCUT2D eigenvalue weighted by Gasteiger charge is -2.17. The highest BCUT2D eigenvalue weighted by atomic mass is 79.9. The Kier molecular flexibility index (Phi) is 4.80. The second-order valence-electron chi connectivity index (χ2n) is 5.26. The Bertz CT molecular complexity index is 633. The molecule has 0 fully saturated rings. The Hall–Kier alpha value is -1.65. The van der Waals surface area contributed by atoms with E-state index in [1.807, 2.05) is 48.5 Å². The van der Waals surface area contributed by atoms with Crippen LogP contribution in [0.15, 0.2) is 53.0 Å². The largest absolute Gasteiger partial charge is 0.479 e. The monoisotopic (exact) mass is 348 g/mol. The van der Waals surface area contributed by atoms with Gasteiger partial charge in [-0.05, 0) is 42.5 Å². The quantitative estimate of drug-likeness (QED) is 0.861. The summed E-state index contributed by atoms with van der Waals surface area (Å²) in [7, 11) is 0. The molecular weight excluding hydrogens is 332 g/mol. The molecule has 1 unspecified atom stereocenters. The minimum Gasteiger partial charge on any atom is -0.479 e. The summed E-state index contributed by atoms with van der Waals surface area (Å²) in [4.78, 5) is 10.9. The Morgan fingerprint density at radius 3 is 2.33 bits per heavy atom. The summed E-state index contributed by atoms with van der Waals surface area (Å²) in [6.45, 7) is 1.32. The summed E-state index contributed by atoms with van der Waals surface area (Å²) in [5, 5.41) is 18.6. The summed E-state index contributed by atoms with van der Waals surface area (Å²) in [6.07, 6.45) is 0.715. The second-order valence-corrected chi connectivity index (χ2v) is 6.11. The van der Waals surface area contributed by atoms with Gasteiger partial charge in [-0.3, -0.25) is 0 Å². The Morgan fingerprint density at radius 1 is 1.14 bits per heavy atom. The zero-order valence-electron chi connectivity index (χ0n) is 11.7. The van der Waals surface area contributed by atoms with E-state index in [9.17, 15) is 9.90 Å². The fourth-order valence-corrected chi connectivity index (χ4v) is 2.55. The first-order chi connectivity index (χ1) is 9.90. The summed E-state index contributed by atoms with van der Waals surface area (Å²) in [5.41, 5.74) is 1.53. The average molecular weight is 349 g/mol. The van der Waals surface area contributed by atoms with Crippen molar-refractivity contribution in [3.05, 3.63) is 58.6 Å². The van der Waals surface area contributed by atoms with Crippen molar-refractivity contribution < 1.29 is 15.0 Å². The third-order valence-electron chi connectivity index (χ3n) is 3.50. The van der Waals surface area contributed by atoms with Gasteiger partial charge in [0.2, 0.25) is 0 Å². The van der Waals surface area contributed by atoms with E-state index in [0.29, 0.717) is 6.42 Å². The molecule has 0 spiro atoms. The number of aliphatic hydroxyl groups is 1. The number of halogens is 1. The Morgan fingerprint density at radius 2 is 1.76 bits per heavy atom. The molecule has 2 rings (SSSR count). The van der Waals surface area contributed by atoms with Crippen LogP contribution in [-0.4, -0.2) is 21.8 Å². The molecule has 4 heteroatoms. The van der Waals surface area contributed by atoms with E-state index in [1.54, 1.807) is 0 Å². The molecule has 2 aromatic rings. The lowest BCUT2D eigenvalue weighted by molar-refractivity contribution is -0.157. The molecule has 21 heavy (non-hydrogen) atoms. The first-order valence-electron chi connectivity index (χ1n) is 6.70. The van der Waals surface area contributed by atoms with E-state index < -0.39 is 11.6 Å². The van der Waals surface area contributed by atoms with E-state index >= 15 is 0 Å². The van der Waals surface area contributed by atoms with E-state index in [2.05, 4.69) is 15.9 Å². The van der Waals surface area contributed by atoms with Gasteiger partial charge in [0.15, 0.2) is 5.60 Å². The van der Waals surface area contributed by atoms with E-state index in [4.69, 9.17) is 5.11 Å². The number of hydrogen-bond donors (Lipinski definition) is 2. The van der Waals surface area contributed by atoms with Gasteiger partial charge in [0.25, 0.3) is 0 Å². The second kappa shape index (κ2) is 6.41. The molecule has 0 bridgehead atoms. The smallest absolute Gasteiger partial charge is 0.335 e. The molecule has 110 valence electrons. The molecule has 2 N–H and O–H groups in total. The van der Waals surface area contributed by atoms with Crippen molar-refractivity contribution >= 4 is 21.9 Å². The van der Waals surface area contributed by atoms with E-state index in [0.717, 1.165) is 21.2 Å². The van der Waals surface area contributed by atoms with Gasteiger partial charge in [-0.2, -0.15) is 0 Å². The number of carboxylic acid groups (broad SMARTS) is 1. The number of rotatable bonds is 5. The minimum absolute atomic E-state index is 0.191. The summed E-state index contributed by atoms with van der Waals surface area (Å²) < 4.78 is 1.03. The minimum atomic E-state index is -1.68. The van der Waals surface area contributed by atoms with Crippen LogP contribution in [0.1, 0.15) is 18.9 Å². The zero-order chi connectivity index (χ0) is 15.5. The van der Waals surface area contributed by atoms with Crippen LogP contribution in [0.2, 0.25) is 0 Å². The Labute approximate surface area is 132 Å². The number of aryl methyl sites for hydroxylation is 1. The predicted molar refractivity (Wildman–Crippen MR) is 86.2 cm³/mol. The van der Waals surface area contributed by atoms with Crippen molar-refractivity contribution in [2.24, 2.45) is 0 Å². The van der Waals surface area contributed by atoms with Gasteiger partial charge >= 0.3 is 5.97 Å². The lowest BCUT2D eigenvalue weighted by Crippen LogP contribution is -2.35. The molecular formula is C17H17BrO3. The van der Waals surface area contributed by atoms with Crippen LogP contribution >= 0.6 is 15.9 Å². The van der Waals surface area contributed by atoms with Crippen molar-refractivity contribution in [1.82, 2.24) is 0 Å². The predicted octanol–water partition coefficient (Wildman–Crippen LogP) is 3.88. The number of hydrogen-bond acceptors (Lipinski definition) is 2. The molecule has 2 aromatic carbocycles. The topological polar surface area (TPSA) is 57.5 Å². The van der Waals surface area contributed by atoms with Crippen molar-refractivity contribution in [1.29, 1.82) is 0 Å². The molecule has 0 aromatic heterocycles. The molecule has 0 amide bonds. The van der Waals surface area contributed by atoms with Crippen molar-refractivity contribution in [3.63, 3.8) is 0 Å². The molecule has 0 heterocycles. The molecule has 0 radical (unpaired) electrons. The number of benzene rings is 2. The molecule has 3 nitrogen and oxygen atoms in total. The van der Waals surface area contributed by atoms with Crippen LogP contribution in [-0.2, 0) is 11.2 Å². The number of carboxylic acids is 1. The maximum atomic E-state index is 10.9. The highest BCUT2D eigenvalue weighted by molar-refractivity contribution is 9.10. The van der Waals surface area contributed by atoms with Gasteiger partial charge in [-0.25, -0.2) is 4.79 Å². The SMILES string of the molecule is CC(O)(CCc1ccc(-c2ccccc2Br)cc1)C(=O)O. The lowest BCUT2D eigenvalue weighted by atomic mass is 9.96. The Balaban J connectivity index is 2.10. The normalized spacial score (nSPS) is 13.7. The molecule has 0 aliphatic heterocycles. The van der Waals surface area contributed by atoms with Crippen LogP contribution in [0.3, 0.4) is 0 Å². The first-order valence-corrected chi connectivity index (χ1v) is 7.49. The highest BCUT2D eigenvalue weighted by Gasteiger charge is 2.29. The third-order valence-corrected chi connectivity index (χ3v) is 4.19.